The van der Waals surface area contributed by atoms with Gasteiger partial charge in [0.05, 0.1) is 12.1 Å². The molecule has 0 aromatic heterocycles. The van der Waals surface area contributed by atoms with Crippen LogP contribution < -0.4 is 11.1 Å². The third kappa shape index (κ3) is 14.7. The van der Waals surface area contributed by atoms with Crippen molar-refractivity contribution in [3.8, 4) is 0 Å². The number of hydrogen-bond acceptors (Lipinski definition) is 5. The second kappa shape index (κ2) is 17.1. The van der Waals surface area contributed by atoms with Crippen LogP contribution in [-0.2, 0) is 9.59 Å². The highest BCUT2D eigenvalue weighted by molar-refractivity contribution is 8.03. The van der Waals surface area contributed by atoms with Gasteiger partial charge in [-0.25, -0.2) is 0 Å². The first kappa shape index (κ1) is 26.0. The topological polar surface area (TPSA) is 113 Å². The highest BCUT2D eigenvalue weighted by Gasteiger charge is 2.17. The number of nitrogens with one attached hydrogen (secondary N) is 1. The Balaban J connectivity index is 4.46. The molecule has 158 valence electrons. The first-order valence-electron chi connectivity index (χ1n) is 10.2. The van der Waals surface area contributed by atoms with E-state index in [1.54, 1.807) is 0 Å². The van der Waals surface area contributed by atoms with Crippen molar-refractivity contribution in [3.63, 3.8) is 0 Å². The van der Waals surface area contributed by atoms with E-state index in [1.165, 1.54) is 43.9 Å². The Morgan fingerprint density at radius 3 is 2.33 bits per heavy atom. The van der Waals surface area contributed by atoms with Crippen molar-refractivity contribution in [1.29, 1.82) is 0 Å². The SMILES string of the molecule is CCCCCCCCC=C(SC[C@H](N)C(=O)NCC(=O)O)[C@@H](O)CCCC. The van der Waals surface area contributed by atoms with E-state index >= 15 is 0 Å². The zero-order valence-electron chi connectivity index (χ0n) is 16.9. The summed E-state index contributed by atoms with van der Waals surface area (Å²) in [5.74, 6) is -1.27. The van der Waals surface area contributed by atoms with Crippen LogP contribution in [0.2, 0.25) is 0 Å². The lowest BCUT2D eigenvalue weighted by Gasteiger charge is -2.17. The molecule has 0 aliphatic carbocycles. The quantitative estimate of drug-likeness (QED) is 0.277. The number of carbonyl (C=O) groups excluding carboxylic acids is 1. The highest BCUT2D eigenvalue weighted by Crippen LogP contribution is 2.25. The number of carboxylic acid groups (broad SMARTS) is 1. The van der Waals surface area contributed by atoms with Crippen molar-refractivity contribution >= 4 is 23.6 Å². The van der Waals surface area contributed by atoms with Crippen molar-refractivity contribution in [2.24, 2.45) is 5.73 Å². The summed E-state index contributed by atoms with van der Waals surface area (Å²) < 4.78 is 0. The summed E-state index contributed by atoms with van der Waals surface area (Å²) in [5, 5.41) is 21.3. The molecule has 0 aromatic rings. The number of allylic oxidation sites excluding steroid dienone is 1. The van der Waals surface area contributed by atoms with Crippen LogP contribution in [0.15, 0.2) is 11.0 Å². The van der Waals surface area contributed by atoms with Gasteiger partial charge in [0.15, 0.2) is 0 Å². The number of aliphatic carboxylic acids is 1. The van der Waals surface area contributed by atoms with Crippen molar-refractivity contribution in [3.05, 3.63) is 11.0 Å². The molecule has 0 heterocycles. The Morgan fingerprint density at radius 2 is 1.70 bits per heavy atom. The molecule has 0 unspecified atom stereocenters. The summed E-state index contributed by atoms with van der Waals surface area (Å²) in [7, 11) is 0. The molecule has 1 amide bonds. The smallest absolute Gasteiger partial charge is 0.322 e. The van der Waals surface area contributed by atoms with Crippen LogP contribution in [0.5, 0.6) is 0 Å². The lowest BCUT2D eigenvalue weighted by atomic mass is 10.1. The van der Waals surface area contributed by atoms with E-state index in [9.17, 15) is 14.7 Å². The van der Waals surface area contributed by atoms with Gasteiger partial charge in [0.25, 0.3) is 0 Å². The average molecular weight is 403 g/mol. The summed E-state index contributed by atoms with van der Waals surface area (Å²) in [5.41, 5.74) is 5.84. The minimum Gasteiger partial charge on any atom is -0.480 e. The molecule has 7 heteroatoms. The fourth-order valence-corrected chi connectivity index (χ4v) is 3.62. The molecule has 0 bridgehead atoms. The van der Waals surface area contributed by atoms with Crippen molar-refractivity contribution in [1.82, 2.24) is 5.32 Å². The number of rotatable bonds is 17. The lowest BCUT2D eigenvalue weighted by Crippen LogP contribution is -2.44. The Labute approximate surface area is 168 Å². The third-order valence-electron chi connectivity index (χ3n) is 4.24. The van der Waals surface area contributed by atoms with Gasteiger partial charge in [0, 0.05) is 10.7 Å². The Hall–Kier alpha value is -1.05. The Kier molecular flexibility index (Phi) is 16.4. The Morgan fingerprint density at radius 1 is 1.07 bits per heavy atom. The molecule has 0 rings (SSSR count). The van der Waals surface area contributed by atoms with Crippen LogP contribution in [0.25, 0.3) is 0 Å². The molecule has 0 radical (unpaired) electrons. The summed E-state index contributed by atoms with van der Waals surface area (Å²) in [6.45, 7) is 3.86. The van der Waals surface area contributed by atoms with Crippen LogP contribution >= 0.6 is 11.8 Å². The van der Waals surface area contributed by atoms with E-state index in [0.29, 0.717) is 12.2 Å². The van der Waals surface area contributed by atoms with Gasteiger partial charge in [-0.05, 0) is 19.3 Å². The van der Waals surface area contributed by atoms with Gasteiger partial charge in [0.2, 0.25) is 5.91 Å². The van der Waals surface area contributed by atoms with Gasteiger partial charge in [-0.3, -0.25) is 9.59 Å². The van der Waals surface area contributed by atoms with Crippen molar-refractivity contribution < 1.29 is 19.8 Å². The number of carbonyl (C=O) groups is 2. The number of aliphatic hydroxyl groups excluding tert-OH is 1. The zero-order valence-corrected chi connectivity index (χ0v) is 17.7. The average Bonchev–Trinajstić information content (AvgIpc) is 2.65. The van der Waals surface area contributed by atoms with E-state index in [2.05, 4.69) is 25.2 Å². The fourth-order valence-electron chi connectivity index (χ4n) is 2.56. The molecule has 0 aliphatic rings. The van der Waals surface area contributed by atoms with Gasteiger partial charge in [-0.2, -0.15) is 0 Å². The van der Waals surface area contributed by atoms with Crippen LogP contribution in [0, 0.1) is 0 Å². The second-order valence-corrected chi connectivity index (χ2v) is 7.94. The minimum atomic E-state index is -1.10. The summed E-state index contributed by atoms with van der Waals surface area (Å²) >= 11 is 1.40. The minimum absolute atomic E-state index is 0.316. The highest BCUT2D eigenvalue weighted by atomic mass is 32.2. The monoisotopic (exact) mass is 402 g/mol. The predicted octanol–water partition coefficient (Wildman–Crippen LogP) is 3.43. The molecule has 0 aromatic carbocycles. The van der Waals surface area contributed by atoms with Gasteiger partial charge < -0.3 is 21.3 Å². The van der Waals surface area contributed by atoms with Gasteiger partial charge in [-0.1, -0.05) is 64.9 Å². The summed E-state index contributed by atoms with van der Waals surface area (Å²) in [6.07, 6.45) is 12.5. The molecule has 0 fully saturated rings. The summed E-state index contributed by atoms with van der Waals surface area (Å²) in [6, 6.07) is -0.801. The lowest BCUT2D eigenvalue weighted by molar-refractivity contribution is -0.138. The fraction of sp³-hybridized carbons (Fsp3) is 0.800. The number of thioether (sulfide) groups is 1. The Bertz CT molecular complexity index is 444. The number of nitrogens with two attached hydrogens (primary N) is 1. The number of hydrogen-bond donors (Lipinski definition) is 4. The van der Waals surface area contributed by atoms with E-state index in [1.807, 2.05) is 0 Å². The molecule has 0 saturated carbocycles. The largest absolute Gasteiger partial charge is 0.480 e. The van der Waals surface area contributed by atoms with Crippen molar-refractivity contribution in [2.75, 3.05) is 12.3 Å². The molecule has 0 saturated heterocycles. The van der Waals surface area contributed by atoms with Gasteiger partial charge in [-0.15, -0.1) is 11.8 Å². The first-order valence-corrected chi connectivity index (χ1v) is 11.2. The predicted molar refractivity (Wildman–Crippen MR) is 113 cm³/mol. The van der Waals surface area contributed by atoms with Crippen LogP contribution in [0.3, 0.4) is 0 Å². The molecular formula is C20H38N2O4S. The van der Waals surface area contributed by atoms with E-state index < -0.39 is 30.6 Å². The maximum atomic E-state index is 11.8. The maximum Gasteiger partial charge on any atom is 0.322 e. The zero-order chi connectivity index (χ0) is 20.5. The van der Waals surface area contributed by atoms with Gasteiger partial charge >= 0.3 is 5.97 Å². The van der Waals surface area contributed by atoms with Crippen LogP contribution in [0.4, 0.5) is 0 Å². The molecule has 0 aliphatic heterocycles. The molecule has 5 N–H and O–H groups in total. The number of unbranched alkanes of at least 4 members (excludes halogenated alkanes) is 7. The number of aliphatic hydroxyl groups is 1. The third-order valence-corrected chi connectivity index (χ3v) is 5.54. The normalized spacial score (nSPS) is 14.0. The standard InChI is InChI=1S/C20H38N2O4S/c1-3-5-7-8-9-10-11-13-18(17(23)12-6-4-2)27-15-16(21)20(26)22-14-19(24)25/h13,16-17,23H,3-12,14-15,21H2,1-2H3,(H,22,26)(H,24,25)/t16-,17-/m0/s1. The van der Waals surface area contributed by atoms with E-state index in [0.717, 1.165) is 30.6 Å². The van der Waals surface area contributed by atoms with Crippen LogP contribution in [-0.4, -0.2) is 46.5 Å². The number of carboxylic acids is 1. The van der Waals surface area contributed by atoms with Gasteiger partial charge in [0.1, 0.15) is 6.54 Å². The van der Waals surface area contributed by atoms with Crippen LogP contribution in [0.1, 0.15) is 78.1 Å². The molecule has 27 heavy (non-hydrogen) atoms. The number of amides is 1. The molecular weight excluding hydrogens is 364 g/mol. The summed E-state index contributed by atoms with van der Waals surface area (Å²) in [4.78, 5) is 23.2. The molecule has 2 atom stereocenters. The van der Waals surface area contributed by atoms with Crippen molar-refractivity contribution in [2.45, 2.75) is 90.2 Å². The first-order chi connectivity index (χ1) is 12.9. The van der Waals surface area contributed by atoms with E-state index in [-0.39, 0.29) is 0 Å². The molecule has 0 spiro atoms. The molecule has 6 nitrogen and oxygen atoms in total. The second-order valence-electron chi connectivity index (χ2n) is 6.85. The maximum absolute atomic E-state index is 11.8. The van der Waals surface area contributed by atoms with E-state index in [4.69, 9.17) is 10.8 Å².